The van der Waals surface area contributed by atoms with E-state index in [1.54, 1.807) is 0 Å². The van der Waals surface area contributed by atoms with Crippen molar-refractivity contribution in [3.63, 3.8) is 0 Å². The van der Waals surface area contributed by atoms with Crippen molar-refractivity contribution in [2.24, 2.45) is 5.92 Å². The molecular formula is C11H19BrO. The molecule has 0 radical (unpaired) electrons. The van der Waals surface area contributed by atoms with Crippen molar-refractivity contribution >= 4 is 22.2 Å². The summed E-state index contributed by atoms with van der Waals surface area (Å²) in [6.45, 7) is 6.24. The zero-order chi connectivity index (χ0) is 10.3. The molecule has 0 aromatic rings. The highest BCUT2D eigenvalue weighted by Gasteiger charge is 2.12. The standard InChI is InChI=1S/C9H13BrO.C2H6/c1-7-2-4-8(6-11)9(10)5-3-7;1-2/h6-7H,2-5H2,1H3;1-2H3. The van der Waals surface area contributed by atoms with Gasteiger partial charge in [-0.2, -0.15) is 0 Å². The molecule has 1 nitrogen and oxygen atoms in total. The maximum Gasteiger partial charge on any atom is 0.146 e. The number of allylic oxidation sites excluding steroid dienone is 2. The predicted octanol–water partition coefficient (Wildman–Crippen LogP) is 4.07. The van der Waals surface area contributed by atoms with Crippen molar-refractivity contribution in [1.82, 2.24) is 0 Å². The van der Waals surface area contributed by atoms with Gasteiger partial charge in [0.15, 0.2) is 0 Å². The number of aldehydes is 1. The van der Waals surface area contributed by atoms with Crippen LogP contribution in [0.5, 0.6) is 0 Å². The van der Waals surface area contributed by atoms with E-state index in [0.717, 1.165) is 41.5 Å². The average molecular weight is 247 g/mol. The monoisotopic (exact) mass is 246 g/mol. The smallest absolute Gasteiger partial charge is 0.146 e. The van der Waals surface area contributed by atoms with Crippen molar-refractivity contribution in [3.8, 4) is 0 Å². The molecule has 2 heteroatoms. The molecule has 0 fully saturated rings. The van der Waals surface area contributed by atoms with Gasteiger partial charge in [0.25, 0.3) is 0 Å². The SMILES string of the molecule is CC.CC1CCC(Br)=C(C=O)CC1. The summed E-state index contributed by atoms with van der Waals surface area (Å²) in [6, 6.07) is 0. The van der Waals surface area contributed by atoms with Gasteiger partial charge in [0, 0.05) is 10.1 Å². The molecule has 0 aromatic carbocycles. The first-order valence-corrected chi connectivity index (χ1v) is 5.86. The Kier molecular flexibility index (Phi) is 7.25. The minimum atomic E-state index is 0.764. The summed E-state index contributed by atoms with van der Waals surface area (Å²) >= 11 is 3.44. The lowest BCUT2D eigenvalue weighted by Crippen LogP contribution is -1.91. The van der Waals surface area contributed by atoms with Crippen LogP contribution in [0.2, 0.25) is 0 Å². The van der Waals surface area contributed by atoms with E-state index in [1.807, 2.05) is 13.8 Å². The quantitative estimate of drug-likeness (QED) is 0.638. The molecule has 1 aliphatic rings. The van der Waals surface area contributed by atoms with E-state index in [2.05, 4.69) is 22.9 Å². The molecule has 0 N–H and O–H groups in total. The average Bonchev–Trinajstić information content (AvgIpc) is 2.33. The van der Waals surface area contributed by atoms with Crippen LogP contribution in [-0.4, -0.2) is 6.29 Å². The van der Waals surface area contributed by atoms with Crippen LogP contribution in [0.4, 0.5) is 0 Å². The van der Waals surface area contributed by atoms with Gasteiger partial charge in [-0.15, -0.1) is 0 Å². The van der Waals surface area contributed by atoms with Gasteiger partial charge >= 0.3 is 0 Å². The summed E-state index contributed by atoms with van der Waals surface area (Å²) in [7, 11) is 0. The van der Waals surface area contributed by atoms with Crippen LogP contribution in [0.1, 0.15) is 46.5 Å². The topological polar surface area (TPSA) is 17.1 Å². The third kappa shape index (κ3) is 4.61. The first kappa shape index (κ1) is 12.9. The second kappa shape index (κ2) is 7.31. The number of rotatable bonds is 1. The molecule has 1 unspecified atom stereocenters. The lowest BCUT2D eigenvalue weighted by molar-refractivity contribution is -0.105. The van der Waals surface area contributed by atoms with Crippen LogP contribution in [0, 0.1) is 5.92 Å². The molecule has 0 spiro atoms. The molecule has 1 atom stereocenters. The molecular weight excluding hydrogens is 228 g/mol. The Balaban J connectivity index is 0.000000671. The minimum Gasteiger partial charge on any atom is -0.298 e. The first-order valence-electron chi connectivity index (χ1n) is 5.06. The predicted molar refractivity (Wildman–Crippen MR) is 61.0 cm³/mol. The fourth-order valence-corrected chi connectivity index (χ4v) is 1.86. The largest absolute Gasteiger partial charge is 0.298 e. The number of carbonyl (C=O) groups excluding carboxylic acids is 1. The summed E-state index contributed by atoms with van der Waals surface area (Å²) in [6.07, 6.45) is 5.34. The maximum atomic E-state index is 10.5. The van der Waals surface area contributed by atoms with Crippen molar-refractivity contribution < 1.29 is 4.79 Å². The van der Waals surface area contributed by atoms with Gasteiger partial charge in [0.05, 0.1) is 0 Å². The second-order valence-electron chi connectivity index (χ2n) is 3.23. The maximum absolute atomic E-state index is 10.5. The Morgan fingerprint density at radius 3 is 2.38 bits per heavy atom. The first-order chi connectivity index (χ1) is 6.24. The van der Waals surface area contributed by atoms with Gasteiger partial charge in [0.2, 0.25) is 0 Å². The van der Waals surface area contributed by atoms with Gasteiger partial charge in [0.1, 0.15) is 6.29 Å². The van der Waals surface area contributed by atoms with Crippen LogP contribution < -0.4 is 0 Å². The summed E-state index contributed by atoms with van der Waals surface area (Å²) in [5.74, 6) is 0.764. The summed E-state index contributed by atoms with van der Waals surface area (Å²) in [4.78, 5) is 10.5. The summed E-state index contributed by atoms with van der Waals surface area (Å²) in [5, 5.41) is 0. The lowest BCUT2D eigenvalue weighted by atomic mass is 10.0. The number of carbonyl (C=O) groups is 1. The molecule has 76 valence electrons. The molecule has 0 saturated heterocycles. The van der Waals surface area contributed by atoms with E-state index in [4.69, 9.17) is 0 Å². The lowest BCUT2D eigenvalue weighted by Gasteiger charge is -2.03. The summed E-state index contributed by atoms with van der Waals surface area (Å²) < 4.78 is 1.12. The number of hydrogen-bond donors (Lipinski definition) is 0. The Labute approximate surface area is 89.7 Å². The zero-order valence-corrected chi connectivity index (χ0v) is 10.4. The van der Waals surface area contributed by atoms with Gasteiger partial charge in [-0.05, 0) is 31.6 Å². The van der Waals surface area contributed by atoms with E-state index in [-0.39, 0.29) is 0 Å². The van der Waals surface area contributed by atoms with Crippen LogP contribution in [-0.2, 0) is 4.79 Å². The highest BCUT2D eigenvalue weighted by molar-refractivity contribution is 9.11. The van der Waals surface area contributed by atoms with Crippen molar-refractivity contribution in [2.75, 3.05) is 0 Å². The third-order valence-electron chi connectivity index (χ3n) is 2.25. The molecule has 1 rings (SSSR count). The van der Waals surface area contributed by atoms with E-state index in [1.165, 1.54) is 6.42 Å². The molecule has 0 aliphatic heterocycles. The fourth-order valence-electron chi connectivity index (χ4n) is 1.34. The number of halogens is 1. The van der Waals surface area contributed by atoms with Gasteiger partial charge in [-0.1, -0.05) is 36.7 Å². The van der Waals surface area contributed by atoms with E-state index < -0.39 is 0 Å². The Morgan fingerprint density at radius 2 is 1.85 bits per heavy atom. The zero-order valence-electron chi connectivity index (χ0n) is 8.77. The van der Waals surface area contributed by atoms with Crippen molar-refractivity contribution in [3.05, 3.63) is 10.1 Å². The van der Waals surface area contributed by atoms with Crippen LogP contribution in [0.3, 0.4) is 0 Å². The highest BCUT2D eigenvalue weighted by Crippen LogP contribution is 2.29. The minimum absolute atomic E-state index is 0.764. The summed E-state index contributed by atoms with van der Waals surface area (Å²) in [5.41, 5.74) is 0.967. The second-order valence-corrected chi connectivity index (χ2v) is 4.19. The van der Waals surface area contributed by atoms with Crippen LogP contribution >= 0.6 is 15.9 Å². The Morgan fingerprint density at radius 1 is 1.31 bits per heavy atom. The van der Waals surface area contributed by atoms with E-state index in [0.29, 0.717) is 0 Å². The Hall–Kier alpha value is -0.110. The van der Waals surface area contributed by atoms with Crippen LogP contribution in [0.25, 0.3) is 0 Å². The van der Waals surface area contributed by atoms with Crippen LogP contribution in [0.15, 0.2) is 10.1 Å². The molecule has 1 aliphatic carbocycles. The van der Waals surface area contributed by atoms with Gasteiger partial charge in [-0.3, -0.25) is 4.79 Å². The fraction of sp³-hybridized carbons (Fsp3) is 0.727. The molecule has 0 saturated carbocycles. The Bertz CT molecular complexity index is 185. The molecule has 13 heavy (non-hydrogen) atoms. The normalized spacial score (nSPS) is 22.9. The highest BCUT2D eigenvalue weighted by atomic mass is 79.9. The van der Waals surface area contributed by atoms with Crippen molar-refractivity contribution in [2.45, 2.75) is 46.5 Å². The molecule has 0 aromatic heterocycles. The molecule has 0 bridgehead atoms. The molecule has 0 amide bonds. The van der Waals surface area contributed by atoms with Gasteiger partial charge < -0.3 is 0 Å². The number of hydrogen-bond acceptors (Lipinski definition) is 1. The third-order valence-corrected chi connectivity index (χ3v) is 3.16. The molecule has 0 heterocycles. The van der Waals surface area contributed by atoms with E-state index in [9.17, 15) is 4.79 Å². The van der Waals surface area contributed by atoms with Gasteiger partial charge in [-0.25, -0.2) is 0 Å². The van der Waals surface area contributed by atoms with E-state index >= 15 is 0 Å². The van der Waals surface area contributed by atoms with Crippen molar-refractivity contribution in [1.29, 1.82) is 0 Å².